The highest BCUT2D eigenvalue weighted by Gasteiger charge is 2.69. The van der Waals surface area contributed by atoms with Crippen molar-refractivity contribution in [3.05, 3.63) is 0 Å². The van der Waals surface area contributed by atoms with E-state index >= 15 is 0 Å². The molecule has 0 heterocycles. The monoisotopic (exact) mass is 364 g/mol. The summed E-state index contributed by atoms with van der Waals surface area (Å²) in [6, 6.07) is 0. The maximum absolute atomic E-state index is 12.8. The third kappa shape index (κ3) is 2.62. The Balaban J connectivity index is 1.79. The molecule has 7 atom stereocenters. The molecule has 1 spiro atoms. The van der Waals surface area contributed by atoms with Gasteiger partial charge >= 0.3 is 11.9 Å². The number of methoxy groups -OCH3 is 1. The second kappa shape index (κ2) is 6.24. The van der Waals surface area contributed by atoms with Crippen LogP contribution in [0.4, 0.5) is 0 Å². The summed E-state index contributed by atoms with van der Waals surface area (Å²) in [6.45, 7) is 12.8. The number of rotatable bonds is 4. The van der Waals surface area contributed by atoms with Gasteiger partial charge in [0.15, 0.2) is 0 Å². The average molecular weight is 365 g/mol. The molecule has 26 heavy (non-hydrogen) atoms. The van der Waals surface area contributed by atoms with E-state index in [0.29, 0.717) is 11.3 Å². The van der Waals surface area contributed by atoms with Crippen molar-refractivity contribution in [2.24, 2.45) is 40.4 Å². The fourth-order valence-electron chi connectivity index (χ4n) is 6.90. The molecule has 0 saturated heterocycles. The first kappa shape index (κ1) is 19.7. The highest BCUT2D eigenvalue weighted by atomic mass is 16.6. The van der Waals surface area contributed by atoms with Gasteiger partial charge in [0.2, 0.25) is 0 Å². The highest BCUT2D eigenvalue weighted by molar-refractivity contribution is 5.81. The summed E-state index contributed by atoms with van der Waals surface area (Å²) in [5.41, 5.74) is 0.207. The van der Waals surface area contributed by atoms with Crippen LogP contribution in [0.5, 0.6) is 0 Å². The zero-order valence-corrected chi connectivity index (χ0v) is 17.6. The van der Waals surface area contributed by atoms with Gasteiger partial charge in [-0.05, 0) is 61.7 Å². The maximum atomic E-state index is 12.8. The first-order valence-corrected chi connectivity index (χ1v) is 10.3. The molecule has 4 heteroatoms. The molecule has 0 radical (unpaired) electrons. The van der Waals surface area contributed by atoms with Crippen molar-refractivity contribution in [1.82, 2.24) is 0 Å². The van der Waals surface area contributed by atoms with Crippen molar-refractivity contribution < 1.29 is 19.1 Å². The predicted molar refractivity (Wildman–Crippen MR) is 100 cm³/mol. The molecule has 3 saturated carbocycles. The summed E-state index contributed by atoms with van der Waals surface area (Å²) in [5.74, 6) is 0.312. The van der Waals surface area contributed by atoms with Gasteiger partial charge in [-0.15, -0.1) is 0 Å². The fraction of sp³-hybridized carbons (Fsp3) is 0.909. The van der Waals surface area contributed by atoms with Gasteiger partial charge in [0.1, 0.15) is 5.60 Å². The number of carbonyl (C=O) groups excluding carboxylic acids is 2. The van der Waals surface area contributed by atoms with Crippen molar-refractivity contribution >= 4 is 11.9 Å². The van der Waals surface area contributed by atoms with Gasteiger partial charge in [-0.2, -0.15) is 0 Å². The molecule has 2 bridgehead atoms. The van der Waals surface area contributed by atoms with Gasteiger partial charge in [0, 0.05) is 5.92 Å². The summed E-state index contributed by atoms with van der Waals surface area (Å²) < 4.78 is 11.0. The molecule has 0 N–H and O–H groups in total. The van der Waals surface area contributed by atoms with Crippen LogP contribution >= 0.6 is 0 Å². The smallest absolute Gasteiger partial charge is 0.310 e. The van der Waals surface area contributed by atoms with Crippen LogP contribution < -0.4 is 0 Å². The van der Waals surface area contributed by atoms with E-state index in [1.807, 2.05) is 0 Å². The lowest BCUT2D eigenvalue weighted by Crippen LogP contribution is -2.48. The minimum atomic E-state index is -0.488. The molecule has 4 nitrogen and oxygen atoms in total. The summed E-state index contributed by atoms with van der Waals surface area (Å²) in [5, 5.41) is 0. The lowest BCUT2D eigenvalue weighted by molar-refractivity contribution is -0.182. The number of fused-ring (bicyclic) bond motifs is 1. The van der Waals surface area contributed by atoms with E-state index in [2.05, 4.69) is 27.7 Å². The van der Waals surface area contributed by atoms with Crippen molar-refractivity contribution in [2.45, 2.75) is 79.2 Å². The van der Waals surface area contributed by atoms with Crippen LogP contribution in [0, 0.1) is 40.4 Å². The van der Waals surface area contributed by atoms with Crippen LogP contribution in [-0.4, -0.2) is 24.6 Å². The lowest BCUT2D eigenvalue weighted by atomic mass is 9.64. The Morgan fingerprint density at radius 1 is 0.962 bits per heavy atom. The second-order valence-electron chi connectivity index (χ2n) is 10.2. The number of ether oxygens (including phenoxy) is 2. The molecule has 4 unspecified atom stereocenters. The molecule has 0 aliphatic heterocycles. The summed E-state index contributed by atoms with van der Waals surface area (Å²) in [7, 11) is 1.36. The molecule has 148 valence electrons. The Bertz CT molecular complexity index is 597. The first-order valence-electron chi connectivity index (χ1n) is 10.3. The van der Waals surface area contributed by atoms with Crippen LogP contribution in [-0.2, 0) is 19.1 Å². The van der Waals surface area contributed by atoms with Crippen molar-refractivity contribution in [3.8, 4) is 0 Å². The number of carbonyl (C=O) groups is 2. The molecule has 3 aliphatic rings. The van der Waals surface area contributed by atoms with Gasteiger partial charge in [-0.1, -0.05) is 34.6 Å². The highest BCUT2D eigenvalue weighted by Crippen LogP contribution is 2.73. The van der Waals surface area contributed by atoms with Crippen LogP contribution in [0.1, 0.15) is 73.6 Å². The van der Waals surface area contributed by atoms with Crippen molar-refractivity contribution in [3.63, 3.8) is 0 Å². The van der Waals surface area contributed by atoms with Crippen molar-refractivity contribution in [1.29, 1.82) is 0 Å². The minimum Gasteiger partial charge on any atom is -0.469 e. The molecule has 0 aromatic heterocycles. The van der Waals surface area contributed by atoms with Crippen LogP contribution in [0.2, 0.25) is 0 Å². The Labute approximate surface area is 158 Å². The van der Waals surface area contributed by atoms with Crippen LogP contribution in [0.15, 0.2) is 0 Å². The molecule has 3 rings (SSSR count). The Kier molecular flexibility index (Phi) is 4.73. The van der Waals surface area contributed by atoms with E-state index in [-0.39, 0.29) is 17.4 Å². The zero-order chi connectivity index (χ0) is 19.5. The molecular weight excluding hydrogens is 328 g/mol. The summed E-state index contributed by atoms with van der Waals surface area (Å²) in [4.78, 5) is 24.6. The zero-order valence-electron chi connectivity index (χ0n) is 17.6. The quantitative estimate of drug-likeness (QED) is 0.684. The fourth-order valence-corrected chi connectivity index (χ4v) is 6.90. The van der Waals surface area contributed by atoms with E-state index < -0.39 is 17.4 Å². The van der Waals surface area contributed by atoms with E-state index in [0.717, 1.165) is 24.7 Å². The predicted octanol–water partition coefficient (Wildman–Crippen LogP) is 4.61. The first-order chi connectivity index (χ1) is 12.0. The van der Waals surface area contributed by atoms with Gasteiger partial charge in [-0.25, -0.2) is 0 Å². The summed E-state index contributed by atoms with van der Waals surface area (Å²) in [6.07, 6.45) is 5.92. The van der Waals surface area contributed by atoms with E-state index in [1.54, 1.807) is 13.8 Å². The van der Waals surface area contributed by atoms with Gasteiger partial charge in [0.25, 0.3) is 0 Å². The molecule has 0 aromatic carbocycles. The molecule has 0 aromatic rings. The van der Waals surface area contributed by atoms with Gasteiger partial charge < -0.3 is 9.47 Å². The second-order valence-corrected chi connectivity index (χ2v) is 10.2. The van der Waals surface area contributed by atoms with Gasteiger partial charge in [-0.3, -0.25) is 9.59 Å². The number of esters is 2. The minimum absolute atomic E-state index is 0.188. The average Bonchev–Trinajstić information content (AvgIpc) is 3.01. The normalized spacial score (nSPS) is 42.7. The molecular formula is C22H36O4. The molecule has 0 amide bonds. The molecule has 3 fully saturated rings. The van der Waals surface area contributed by atoms with Crippen LogP contribution in [0.3, 0.4) is 0 Å². The SMILES string of the molecule is COC(=O)C(C)C(C)C(=O)O[C@]1(C)CC[C@@]23C[C@@H]1C(C)(C)C2CCC3C. The number of hydrogen-bond donors (Lipinski definition) is 0. The van der Waals surface area contributed by atoms with E-state index in [4.69, 9.17) is 9.47 Å². The van der Waals surface area contributed by atoms with E-state index in [9.17, 15) is 9.59 Å². The third-order valence-electron chi connectivity index (χ3n) is 8.80. The van der Waals surface area contributed by atoms with Gasteiger partial charge in [0.05, 0.1) is 18.9 Å². The Morgan fingerprint density at radius 2 is 1.58 bits per heavy atom. The summed E-state index contributed by atoms with van der Waals surface area (Å²) >= 11 is 0. The molecule has 3 aliphatic carbocycles. The maximum Gasteiger partial charge on any atom is 0.310 e. The van der Waals surface area contributed by atoms with E-state index in [1.165, 1.54) is 26.4 Å². The van der Waals surface area contributed by atoms with Crippen molar-refractivity contribution in [2.75, 3.05) is 7.11 Å². The Hall–Kier alpha value is -1.06. The Morgan fingerprint density at radius 3 is 2.19 bits per heavy atom. The van der Waals surface area contributed by atoms with Crippen LogP contribution in [0.25, 0.3) is 0 Å². The lowest BCUT2D eigenvalue weighted by Gasteiger charge is -2.47. The standard InChI is InChI=1S/C22H36O4/c1-13-8-9-16-20(4,5)17-12-22(13,16)11-10-21(17,6)26-19(24)15(3)14(2)18(23)25-7/h13-17H,8-12H2,1-7H3/t13?,14?,15?,16?,17-,21-,22+/m1/s1. The number of hydrogen-bond acceptors (Lipinski definition) is 4. The largest absolute Gasteiger partial charge is 0.469 e. The third-order valence-corrected chi connectivity index (χ3v) is 8.80. The topological polar surface area (TPSA) is 52.6 Å².